The quantitative estimate of drug-likeness (QED) is 0.899. The summed E-state index contributed by atoms with van der Waals surface area (Å²) in [6.45, 7) is 7.78. The number of halogens is 1. The lowest BCUT2D eigenvalue weighted by atomic mass is 10.1. The van der Waals surface area contributed by atoms with Crippen LogP contribution in [0.4, 0.5) is 4.39 Å². The third-order valence-electron chi connectivity index (χ3n) is 3.29. The van der Waals surface area contributed by atoms with Crippen molar-refractivity contribution < 1.29 is 13.9 Å². The van der Waals surface area contributed by atoms with Gasteiger partial charge in [0.15, 0.2) is 0 Å². The minimum Gasteiger partial charge on any atom is -0.491 e. The zero-order chi connectivity index (χ0) is 14.6. The van der Waals surface area contributed by atoms with Crippen LogP contribution in [0.3, 0.4) is 0 Å². The van der Waals surface area contributed by atoms with Gasteiger partial charge in [-0.1, -0.05) is 6.07 Å². The number of rotatable bonds is 5. The molecule has 1 aromatic rings. The van der Waals surface area contributed by atoms with Crippen LogP contribution in [0.2, 0.25) is 0 Å². The van der Waals surface area contributed by atoms with Crippen molar-refractivity contribution >= 4 is 0 Å². The van der Waals surface area contributed by atoms with Crippen molar-refractivity contribution in [3.8, 4) is 5.75 Å². The summed E-state index contributed by atoms with van der Waals surface area (Å²) in [5, 5.41) is 3.45. The van der Waals surface area contributed by atoms with Crippen molar-refractivity contribution in [2.75, 3.05) is 13.2 Å². The van der Waals surface area contributed by atoms with Crippen LogP contribution in [-0.2, 0) is 4.74 Å². The SMILES string of the molecule is CC(C)(C)NCC1CCC(COc2cccc(F)c2)O1. The second kappa shape index (κ2) is 6.55. The summed E-state index contributed by atoms with van der Waals surface area (Å²) < 4.78 is 24.5. The Morgan fingerprint density at radius 2 is 2.05 bits per heavy atom. The van der Waals surface area contributed by atoms with Crippen LogP contribution >= 0.6 is 0 Å². The summed E-state index contributed by atoms with van der Waals surface area (Å²) in [4.78, 5) is 0. The van der Waals surface area contributed by atoms with Gasteiger partial charge in [0.05, 0.1) is 12.2 Å². The lowest BCUT2D eigenvalue weighted by molar-refractivity contribution is 0.0161. The van der Waals surface area contributed by atoms with Gasteiger partial charge in [0.25, 0.3) is 0 Å². The fourth-order valence-electron chi connectivity index (χ4n) is 2.22. The zero-order valence-corrected chi connectivity index (χ0v) is 12.5. The van der Waals surface area contributed by atoms with E-state index in [1.807, 2.05) is 0 Å². The minimum atomic E-state index is -0.276. The molecule has 1 aliphatic rings. The van der Waals surface area contributed by atoms with Gasteiger partial charge in [-0.25, -0.2) is 4.39 Å². The van der Waals surface area contributed by atoms with Gasteiger partial charge in [0, 0.05) is 18.2 Å². The van der Waals surface area contributed by atoms with Gasteiger partial charge in [-0.05, 0) is 45.7 Å². The minimum absolute atomic E-state index is 0.102. The number of nitrogens with one attached hydrogen (secondary N) is 1. The molecule has 1 N–H and O–H groups in total. The van der Waals surface area contributed by atoms with Crippen LogP contribution in [0.25, 0.3) is 0 Å². The first-order chi connectivity index (χ1) is 9.42. The second-order valence-electron chi connectivity index (χ2n) is 6.36. The average Bonchev–Trinajstić information content (AvgIpc) is 2.81. The third-order valence-corrected chi connectivity index (χ3v) is 3.29. The molecule has 2 atom stereocenters. The summed E-state index contributed by atoms with van der Waals surface area (Å²) in [7, 11) is 0. The third kappa shape index (κ3) is 5.10. The van der Waals surface area contributed by atoms with Gasteiger partial charge in [-0.15, -0.1) is 0 Å². The Hall–Kier alpha value is -1.13. The van der Waals surface area contributed by atoms with Crippen molar-refractivity contribution in [2.45, 2.75) is 51.4 Å². The van der Waals surface area contributed by atoms with Crippen molar-refractivity contribution in [3.05, 3.63) is 30.1 Å². The maximum atomic E-state index is 13.0. The highest BCUT2D eigenvalue weighted by atomic mass is 19.1. The Kier molecular flexibility index (Phi) is 5.00. The van der Waals surface area contributed by atoms with E-state index in [9.17, 15) is 4.39 Å². The van der Waals surface area contributed by atoms with Crippen LogP contribution in [0, 0.1) is 5.82 Å². The molecule has 2 rings (SSSR count). The molecule has 0 spiro atoms. The summed E-state index contributed by atoms with van der Waals surface area (Å²) in [6.07, 6.45) is 2.38. The fraction of sp³-hybridized carbons (Fsp3) is 0.625. The van der Waals surface area contributed by atoms with Crippen LogP contribution in [0.15, 0.2) is 24.3 Å². The number of benzene rings is 1. The van der Waals surface area contributed by atoms with E-state index in [1.165, 1.54) is 12.1 Å². The topological polar surface area (TPSA) is 30.5 Å². The first-order valence-corrected chi connectivity index (χ1v) is 7.21. The largest absolute Gasteiger partial charge is 0.491 e. The van der Waals surface area contributed by atoms with Gasteiger partial charge in [0.1, 0.15) is 18.2 Å². The lowest BCUT2D eigenvalue weighted by Crippen LogP contribution is -2.41. The molecule has 0 saturated carbocycles. The van der Waals surface area contributed by atoms with E-state index in [0.29, 0.717) is 12.4 Å². The molecule has 1 fully saturated rings. The Morgan fingerprint density at radius 3 is 2.75 bits per heavy atom. The highest BCUT2D eigenvalue weighted by Gasteiger charge is 2.26. The van der Waals surface area contributed by atoms with Crippen LogP contribution < -0.4 is 10.1 Å². The lowest BCUT2D eigenvalue weighted by Gasteiger charge is -2.23. The van der Waals surface area contributed by atoms with E-state index in [2.05, 4.69) is 26.1 Å². The molecular weight excluding hydrogens is 257 g/mol. The normalized spacial score (nSPS) is 23.0. The fourth-order valence-corrected chi connectivity index (χ4v) is 2.22. The van der Waals surface area contributed by atoms with E-state index in [-0.39, 0.29) is 23.6 Å². The van der Waals surface area contributed by atoms with Crippen molar-refractivity contribution in [1.82, 2.24) is 5.32 Å². The molecule has 3 nitrogen and oxygen atoms in total. The number of hydrogen-bond acceptors (Lipinski definition) is 3. The maximum Gasteiger partial charge on any atom is 0.126 e. The van der Waals surface area contributed by atoms with E-state index >= 15 is 0 Å². The maximum absolute atomic E-state index is 13.0. The Morgan fingerprint density at radius 1 is 1.30 bits per heavy atom. The highest BCUT2D eigenvalue weighted by Crippen LogP contribution is 2.21. The molecule has 0 aromatic heterocycles. The molecule has 2 unspecified atom stereocenters. The molecule has 20 heavy (non-hydrogen) atoms. The summed E-state index contributed by atoms with van der Waals surface area (Å²) in [5.41, 5.74) is 0.111. The molecular formula is C16H24FNO2. The standard InChI is InChI=1S/C16H24FNO2/c1-16(2,3)18-10-14-7-8-15(20-14)11-19-13-6-4-5-12(17)9-13/h4-6,9,14-15,18H,7-8,10-11H2,1-3H3. The zero-order valence-electron chi connectivity index (χ0n) is 12.5. The molecule has 0 radical (unpaired) electrons. The van der Waals surface area contributed by atoms with Gasteiger partial charge in [-0.2, -0.15) is 0 Å². The Balaban J connectivity index is 1.71. The van der Waals surface area contributed by atoms with Gasteiger partial charge >= 0.3 is 0 Å². The number of hydrogen-bond donors (Lipinski definition) is 1. The second-order valence-corrected chi connectivity index (χ2v) is 6.36. The summed E-state index contributed by atoms with van der Waals surface area (Å²) in [5.74, 6) is 0.284. The van der Waals surface area contributed by atoms with Crippen molar-refractivity contribution in [1.29, 1.82) is 0 Å². The molecule has 0 aliphatic carbocycles. The highest BCUT2D eigenvalue weighted by molar-refractivity contribution is 5.22. The smallest absolute Gasteiger partial charge is 0.126 e. The van der Waals surface area contributed by atoms with Crippen LogP contribution in [0.1, 0.15) is 33.6 Å². The first kappa shape index (κ1) is 15.3. The van der Waals surface area contributed by atoms with Crippen molar-refractivity contribution in [2.24, 2.45) is 0 Å². The predicted molar refractivity (Wildman–Crippen MR) is 77.5 cm³/mol. The van der Waals surface area contributed by atoms with E-state index in [4.69, 9.17) is 9.47 Å². The number of ether oxygens (including phenoxy) is 2. The molecule has 1 heterocycles. The van der Waals surface area contributed by atoms with Gasteiger partial charge < -0.3 is 14.8 Å². The van der Waals surface area contributed by atoms with Crippen LogP contribution in [0.5, 0.6) is 5.75 Å². The molecule has 112 valence electrons. The monoisotopic (exact) mass is 281 g/mol. The van der Waals surface area contributed by atoms with Crippen molar-refractivity contribution in [3.63, 3.8) is 0 Å². The first-order valence-electron chi connectivity index (χ1n) is 7.21. The van der Waals surface area contributed by atoms with E-state index in [1.54, 1.807) is 12.1 Å². The molecule has 1 saturated heterocycles. The predicted octanol–water partition coefficient (Wildman–Crippen LogP) is 3.14. The van der Waals surface area contributed by atoms with Crippen LogP contribution in [-0.4, -0.2) is 30.9 Å². The Labute approximate surface area is 120 Å². The Bertz CT molecular complexity index is 431. The molecule has 1 aliphatic heterocycles. The summed E-state index contributed by atoms with van der Waals surface area (Å²) in [6, 6.07) is 6.22. The average molecular weight is 281 g/mol. The molecule has 0 amide bonds. The molecule has 4 heteroatoms. The summed E-state index contributed by atoms with van der Waals surface area (Å²) >= 11 is 0. The van der Waals surface area contributed by atoms with E-state index < -0.39 is 0 Å². The van der Waals surface area contributed by atoms with Gasteiger partial charge in [-0.3, -0.25) is 0 Å². The molecule has 0 bridgehead atoms. The molecule has 1 aromatic carbocycles. The van der Waals surface area contributed by atoms with Gasteiger partial charge in [0.2, 0.25) is 0 Å². The van der Waals surface area contributed by atoms with E-state index in [0.717, 1.165) is 19.4 Å².